The lowest BCUT2D eigenvalue weighted by Crippen LogP contribution is -2.29. The maximum atomic E-state index is 6.61. The molecule has 0 fully saturated rings. The molecule has 0 aliphatic heterocycles. The van der Waals surface area contributed by atoms with Crippen LogP contribution in [0.25, 0.3) is 0 Å². The largest absolute Gasteiger partial charge is 0.166 e. The lowest BCUT2D eigenvalue weighted by Gasteiger charge is -2.21. The third-order valence-corrected chi connectivity index (χ3v) is 12.4. The molecule has 0 aromatic rings. The molecule has 0 aromatic heterocycles. The lowest BCUT2D eigenvalue weighted by atomic mass is 10.4. The maximum absolute atomic E-state index is 6.61. The van der Waals surface area contributed by atoms with Crippen LogP contribution in [-0.2, 0) is 0 Å². The molecule has 0 unspecified atom stereocenters. The summed E-state index contributed by atoms with van der Waals surface area (Å²) in [6, 6.07) is 2.65. The number of hydrogen-bond acceptors (Lipinski definition) is 0. The third-order valence-electron chi connectivity index (χ3n) is 2.20. The van der Waals surface area contributed by atoms with E-state index in [1.807, 2.05) is 0 Å². The zero-order valence-corrected chi connectivity index (χ0v) is 12.1. The van der Waals surface area contributed by atoms with Crippen LogP contribution in [0.3, 0.4) is 0 Å². The van der Waals surface area contributed by atoms with E-state index in [1.165, 1.54) is 41.8 Å². The number of alkyl halides is 1. The van der Waals surface area contributed by atoms with Crippen molar-refractivity contribution in [2.75, 3.05) is 4.05 Å². The Morgan fingerprint density at radius 3 is 1.75 bits per heavy atom. The Labute approximate surface area is 96.3 Å². The first kappa shape index (κ1) is 13.2. The molecule has 12 heavy (non-hydrogen) atoms. The van der Waals surface area contributed by atoms with Crippen molar-refractivity contribution in [3.8, 4) is 0 Å². The van der Waals surface area contributed by atoms with Gasteiger partial charge in [-0.2, -0.15) is 11.1 Å². The van der Waals surface area contributed by atoms with Gasteiger partial charge in [0.05, 0.1) is 0 Å². The number of unbranched alkanes of at least 4 members (excludes halogenated alkanes) is 2. The van der Waals surface area contributed by atoms with E-state index >= 15 is 0 Å². The minimum Gasteiger partial charge on any atom is -0.166 e. The van der Waals surface area contributed by atoms with Gasteiger partial charge in [-0.05, 0) is 12.1 Å². The Morgan fingerprint density at radius 1 is 1.08 bits per heavy atom. The fourth-order valence-corrected chi connectivity index (χ4v) is 6.83. The van der Waals surface area contributed by atoms with Gasteiger partial charge in [0.2, 0.25) is 0 Å². The van der Waals surface area contributed by atoms with Gasteiger partial charge < -0.3 is 0 Å². The SMILES string of the molecule is CCCC[Si](Cl)(CI)CCCC. The highest BCUT2D eigenvalue weighted by Gasteiger charge is 2.27. The van der Waals surface area contributed by atoms with Gasteiger partial charge in [0.15, 0.2) is 7.38 Å². The molecule has 0 heterocycles. The van der Waals surface area contributed by atoms with Crippen LogP contribution in [-0.4, -0.2) is 11.4 Å². The molecule has 0 saturated carbocycles. The molecule has 0 saturated heterocycles. The van der Waals surface area contributed by atoms with E-state index in [-0.39, 0.29) is 0 Å². The molecular weight excluding hydrogens is 299 g/mol. The highest BCUT2D eigenvalue weighted by molar-refractivity contribution is 14.1. The summed E-state index contributed by atoms with van der Waals surface area (Å²) in [5.74, 6) is 0. The summed E-state index contributed by atoms with van der Waals surface area (Å²) in [7, 11) is -1.31. The fraction of sp³-hybridized carbons (Fsp3) is 1.00. The van der Waals surface area contributed by atoms with Gasteiger partial charge in [-0.25, -0.2) is 0 Å². The molecule has 0 aliphatic carbocycles. The van der Waals surface area contributed by atoms with E-state index in [0.717, 1.165) is 0 Å². The second-order valence-corrected chi connectivity index (χ2v) is 11.8. The summed E-state index contributed by atoms with van der Waals surface area (Å²) in [4.78, 5) is 0. The van der Waals surface area contributed by atoms with Gasteiger partial charge in [0.25, 0.3) is 0 Å². The molecule has 0 aromatic carbocycles. The molecule has 0 bridgehead atoms. The first-order chi connectivity index (χ1) is 5.68. The fourth-order valence-electron chi connectivity index (χ4n) is 1.25. The minimum absolute atomic E-state index is 1.23. The summed E-state index contributed by atoms with van der Waals surface area (Å²) in [6.07, 6.45) is 5.26. The quantitative estimate of drug-likeness (QED) is 0.275. The van der Waals surface area contributed by atoms with Gasteiger partial charge in [-0.15, -0.1) is 0 Å². The molecular formula is C9H20ClISi. The van der Waals surface area contributed by atoms with Crippen molar-refractivity contribution >= 4 is 41.1 Å². The Bertz CT molecular complexity index is 101. The Hall–Kier alpha value is 1.24. The smallest absolute Gasteiger partial charge is 0.166 e. The van der Waals surface area contributed by atoms with E-state index in [2.05, 4.69) is 36.4 Å². The second-order valence-electron chi connectivity index (χ2n) is 3.49. The molecule has 0 atom stereocenters. The Morgan fingerprint density at radius 2 is 1.50 bits per heavy atom. The zero-order valence-electron chi connectivity index (χ0n) is 8.21. The van der Waals surface area contributed by atoms with E-state index in [4.69, 9.17) is 11.1 Å². The van der Waals surface area contributed by atoms with Gasteiger partial charge in [-0.1, -0.05) is 62.1 Å². The van der Waals surface area contributed by atoms with Crippen molar-refractivity contribution in [1.82, 2.24) is 0 Å². The van der Waals surface area contributed by atoms with Crippen molar-refractivity contribution in [3.05, 3.63) is 0 Å². The number of hydrogen-bond donors (Lipinski definition) is 0. The van der Waals surface area contributed by atoms with Gasteiger partial charge >= 0.3 is 0 Å². The first-order valence-electron chi connectivity index (χ1n) is 4.93. The summed E-state index contributed by atoms with van der Waals surface area (Å²) < 4.78 is 1.23. The number of rotatable bonds is 7. The number of halogens is 2. The Kier molecular flexibility index (Phi) is 8.41. The second kappa shape index (κ2) is 7.62. The maximum Gasteiger partial charge on any atom is 0.166 e. The van der Waals surface area contributed by atoms with Gasteiger partial charge in [0.1, 0.15) is 0 Å². The van der Waals surface area contributed by atoms with Crippen LogP contribution in [0.1, 0.15) is 39.5 Å². The van der Waals surface area contributed by atoms with Crippen LogP contribution in [0.15, 0.2) is 0 Å². The summed E-state index contributed by atoms with van der Waals surface area (Å²) in [6.45, 7) is 4.50. The van der Waals surface area contributed by atoms with Crippen LogP contribution in [0, 0.1) is 0 Å². The first-order valence-corrected chi connectivity index (χ1v) is 10.1. The average molecular weight is 319 g/mol. The molecule has 0 rings (SSSR count). The molecule has 0 N–H and O–H groups in total. The van der Waals surface area contributed by atoms with Crippen molar-refractivity contribution in [2.45, 2.75) is 51.6 Å². The molecule has 0 amide bonds. The normalized spacial score (nSPS) is 12.0. The van der Waals surface area contributed by atoms with Crippen LogP contribution in [0.4, 0.5) is 0 Å². The monoisotopic (exact) mass is 318 g/mol. The van der Waals surface area contributed by atoms with Crippen molar-refractivity contribution in [3.63, 3.8) is 0 Å². The Balaban J connectivity index is 3.70. The van der Waals surface area contributed by atoms with E-state index in [1.54, 1.807) is 0 Å². The summed E-state index contributed by atoms with van der Waals surface area (Å²) in [5, 5.41) is 0. The van der Waals surface area contributed by atoms with Crippen LogP contribution >= 0.6 is 33.7 Å². The summed E-state index contributed by atoms with van der Waals surface area (Å²) in [5.41, 5.74) is 0. The van der Waals surface area contributed by atoms with Gasteiger partial charge in [-0.3, -0.25) is 0 Å². The molecule has 0 spiro atoms. The average Bonchev–Trinajstić information content (AvgIpc) is 2.11. The molecule has 0 aliphatic rings. The van der Waals surface area contributed by atoms with Crippen molar-refractivity contribution in [1.29, 1.82) is 0 Å². The minimum atomic E-state index is -1.31. The van der Waals surface area contributed by atoms with Crippen LogP contribution in [0.5, 0.6) is 0 Å². The van der Waals surface area contributed by atoms with Crippen LogP contribution in [0.2, 0.25) is 12.1 Å². The zero-order chi connectivity index (χ0) is 9.45. The molecule has 0 radical (unpaired) electrons. The standard InChI is InChI=1S/C9H20ClISi/c1-3-5-7-12(10,9-11)8-6-4-2/h3-9H2,1-2H3. The predicted octanol–water partition coefficient (Wildman–Crippen LogP) is 4.75. The van der Waals surface area contributed by atoms with E-state index in [9.17, 15) is 0 Å². The third kappa shape index (κ3) is 5.81. The van der Waals surface area contributed by atoms with E-state index < -0.39 is 7.38 Å². The molecule has 3 heteroatoms. The van der Waals surface area contributed by atoms with Crippen LogP contribution < -0.4 is 0 Å². The van der Waals surface area contributed by atoms with Crippen molar-refractivity contribution in [2.24, 2.45) is 0 Å². The van der Waals surface area contributed by atoms with Gasteiger partial charge in [0, 0.05) is 4.05 Å². The molecule has 0 nitrogen and oxygen atoms in total. The highest BCUT2D eigenvalue weighted by Crippen LogP contribution is 2.27. The van der Waals surface area contributed by atoms with E-state index in [0.29, 0.717) is 0 Å². The predicted molar refractivity (Wildman–Crippen MR) is 69.9 cm³/mol. The summed E-state index contributed by atoms with van der Waals surface area (Å²) >= 11 is 9.09. The molecule has 74 valence electrons. The lowest BCUT2D eigenvalue weighted by molar-refractivity contribution is 0.838. The van der Waals surface area contributed by atoms with Crippen molar-refractivity contribution < 1.29 is 0 Å². The highest BCUT2D eigenvalue weighted by atomic mass is 127. The topological polar surface area (TPSA) is 0 Å².